The summed E-state index contributed by atoms with van der Waals surface area (Å²) in [6.07, 6.45) is 9.34. The van der Waals surface area contributed by atoms with Crippen molar-refractivity contribution in [3.8, 4) is 5.69 Å². The molecular weight excluding hydrogens is 376 g/mol. The third-order valence-corrected chi connectivity index (χ3v) is 5.77. The van der Waals surface area contributed by atoms with Crippen molar-refractivity contribution in [2.45, 2.75) is 18.8 Å². The number of piperidine rings is 1. The van der Waals surface area contributed by atoms with Gasteiger partial charge in [-0.3, -0.25) is 14.0 Å². The molecule has 0 aliphatic carbocycles. The Labute approximate surface area is 174 Å². The molecule has 0 amide bonds. The van der Waals surface area contributed by atoms with Crippen molar-refractivity contribution in [1.29, 1.82) is 0 Å². The fourth-order valence-corrected chi connectivity index (χ4v) is 4.14. The molecule has 0 bridgehead atoms. The van der Waals surface area contributed by atoms with Crippen LogP contribution in [0.5, 0.6) is 0 Å². The molecule has 152 valence electrons. The third kappa shape index (κ3) is 3.48. The molecule has 2 N–H and O–H groups in total. The molecule has 4 heterocycles. The van der Waals surface area contributed by atoms with Crippen LogP contribution in [-0.4, -0.2) is 32.4 Å². The molecule has 0 unspecified atom stereocenters. The molecule has 1 fully saturated rings. The van der Waals surface area contributed by atoms with Gasteiger partial charge in [0.2, 0.25) is 0 Å². The van der Waals surface area contributed by atoms with Crippen LogP contribution in [0.25, 0.3) is 16.5 Å². The van der Waals surface area contributed by atoms with Gasteiger partial charge in [-0.2, -0.15) is 5.10 Å². The van der Waals surface area contributed by atoms with Gasteiger partial charge >= 0.3 is 0 Å². The standard InChI is InChI=1S/C23H24N6O/c1-28-15-20(14-26-28)29-13-9-18-8-12-25-22(21(18)23(29)30)27-19-4-2-16(3-5-19)17-6-10-24-11-7-17/h2-5,8-9,12-15,17,24H,6-7,10-11H2,1H3,(H,25,27). The number of anilines is 2. The Bertz CT molecular complexity index is 1230. The highest BCUT2D eigenvalue weighted by Gasteiger charge is 2.15. The van der Waals surface area contributed by atoms with Crippen molar-refractivity contribution in [2.75, 3.05) is 18.4 Å². The molecule has 0 spiro atoms. The summed E-state index contributed by atoms with van der Waals surface area (Å²) in [4.78, 5) is 17.7. The summed E-state index contributed by atoms with van der Waals surface area (Å²) in [5.74, 6) is 1.17. The molecule has 7 heteroatoms. The van der Waals surface area contributed by atoms with Gasteiger partial charge < -0.3 is 10.6 Å². The highest BCUT2D eigenvalue weighted by atomic mass is 16.1. The van der Waals surface area contributed by atoms with Crippen molar-refractivity contribution >= 4 is 22.3 Å². The lowest BCUT2D eigenvalue weighted by Gasteiger charge is -2.23. The van der Waals surface area contributed by atoms with Gasteiger partial charge in [-0.25, -0.2) is 4.98 Å². The molecule has 1 saturated heterocycles. The quantitative estimate of drug-likeness (QED) is 0.550. The number of aromatic nitrogens is 4. The van der Waals surface area contributed by atoms with E-state index in [2.05, 4.69) is 45.0 Å². The van der Waals surface area contributed by atoms with Crippen molar-refractivity contribution in [3.05, 3.63) is 77.1 Å². The van der Waals surface area contributed by atoms with Crippen LogP contribution in [0.2, 0.25) is 0 Å². The highest BCUT2D eigenvalue weighted by Crippen LogP contribution is 2.28. The van der Waals surface area contributed by atoms with Crippen LogP contribution in [0.1, 0.15) is 24.3 Å². The van der Waals surface area contributed by atoms with Crippen molar-refractivity contribution in [3.63, 3.8) is 0 Å². The van der Waals surface area contributed by atoms with Gasteiger partial charge in [0, 0.05) is 31.3 Å². The summed E-state index contributed by atoms with van der Waals surface area (Å²) < 4.78 is 3.28. The SMILES string of the molecule is Cn1cc(-n2ccc3ccnc(Nc4ccc(C5CCNCC5)cc4)c3c2=O)cn1. The molecule has 0 saturated carbocycles. The maximum Gasteiger partial charge on any atom is 0.266 e. The summed E-state index contributed by atoms with van der Waals surface area (Å²) in [5, 5.41) is 12.3. The van der Waals surface area contributed by atoms with Crippen molar-refractivity contribution in [2.24, 2.45) is 7.05 Å². The van der Waals surface area contributed by atoms with Gasteiger partial charge in [-0.15, -0.1) is 0 Å². The molecule has 0 atom stereocenters. The van der Waals surface area contributed by atoms with Crippen LogP contribution in [0.15, 0.2) is 66.0 Å². The Kier molecular flexibility index (Phi) is 4.80. The monoisotopic (exact) mass is 400 g/mol. The van der Waals surface area contributed by atoms with E-state index in [0.717, 1.165) is 29.9 Å². The molecule has 30 heavy (non-hydrogen) atoms. The second-order valence-electron chi connectivity index (χ2n) is 7.76. The van der Waals surface area contributed by atoms with Crippen LogP contribution in [0, 0.1) is 0 Å². The number of pyridine rings is 2. The van der Waals surface area contributed by atoms with E-state index in [9.17, 15) is 4.79 Å². The number of benzene rings is 1. The Morgan fingerprint density at radius 3 is 2.63 bits per heavy atom. The number of aryl methyl sites for hydroxylation is 1. The first-order chi connectivity index (χ1) is 14.7. The second-order valence-corrected chi connectivity index (χ2v) is 7.76. The van der Waals surface area contributed by atoms with Gasteiger partial charge in [-0.1, -0.05) is 12.1 Å². The van der Waals surface area contributed by atoms with Crippen LogP contribution < -0.4 is 16.2 Å². The van der Waals surface area contributed by atoms with Gasteiger partial charge in [0.1, 0.15) is 5.82 Å². The average Bonchev–Trinajstić information content (AvgIpc) is 3.21. The highest BCUT2D eigenvalue weighted by molar-refractivity contribution is 5.92. The molecule has 0 radical (unpaired) electrons. The largest absolute Gasteiger partial charge is 0.340 e. The van der Waals surface area contributed by atoms with E-state index in [0.29, 0.717) is 17.1 Å². The van der Waals surface area contributed by atoms with Crippen LogP contribution >= 0.6 is 0 Å². The lowest BCUT2D eigenvalue weighted by atomic mass is 9.90. The minimum Gasteiger partial charge on any atom is -0.340 e. The van der Waals surface area contributed by atoms with E-state index < -0.39 is 0 Å². The Morgan fingerprint density at radius 2 is 1.90 bits per heavy atom. The maximum atomic E-state index is 13.2. The number of hydrogen-bond donors (Lipinski definition) is 2. The Morgan fingerprint density at radius 1 is 1.10 bits per heavy atom. The maximum absolute atomic E-state index is 13.2. The number of hydrogen-bond acceptors (Lipinski definition) is 5. The molecule has 4 aromatic rings. The topological polar surface area (TPSA) is 76.8 Å². The summed E-state index contributed by atoms with van der Waals surface area (Å²) >= 11 is 0. The zero-order chi connectivity index (χ0) is 20.5. The number of rotatable bonds is 4. The Hall–Kier alpha value is -3.45. The van der Waals surface area contributed by atoms with E-state index in [-0.39, 0.29) is 5.56 Å². The predicted molar refractivity (Wildman–Crippen MR) is 119 cm³/mol. The summed E-state index contributed by atoms with van der Waals surface area (Å²) in [5.41, 5.74) is 2.89. The number of nitrogens with one attached hydrogen (secondary N) is 2. The van der Waals surface area contributed by atoms with Crippen LogP contribution in [-0.2, 0) is 7.05 Å². The van der Waals surface area contributed by atoms with E-state index in [4.69, 9.17) is 0 Å². The first kappa shape index (κ1) is 18.6. The van der Waals surface area contributed by atoms with Crippen molar-refractivity contribution < 1.29 is 0 Å². The number of fused-ring (bicyclic) bond motifs is 1. The molecule has 3 aromatic heterocycles. The lowest BCUT2D eigenvalue weighted by Crippen LogP contribution is -2.26. The zero-order valence-electron chi connectivity index (χ0n) is 16.9. The Balaban J connectivity index is 1.49. The minimum atomic E-state index is -0.123. The van der Waals surface area contributed by atoms with Gasteiger partial charge in [0.05, 0.1) is 17.3 Å². The molecule has 7 nitrogen and oxygen atoms in total. The van der Waals surface area contributed by atoms with E-state index in [1.807, 2.05) is 25.4 Å². The zero-order valence-corrected chi connectivity index (χ0v) is 16.9. The first-order valence-corrected chi connectivity index (χ1v) is 10.3. The third-order valence-electron chi connectivity index (χ3n) is 5.77. The lowest BCUT2D eigenvalue weighted by molar-refractivity contribution is 0.460. The van der Waals surface area contributed by atoms with E-state index in [1.165, 1.54) is 18.4 Å². The first-order valence-electron chi connectivity index (χ1n) is 10.3. The molecule has 1 aliphatic rings. The fourth-order valence-electron chi connectivity index (χ4n) is 4.14. The van der Waals surface area contributed by atoms with E-state index >= 15 is 0 Å². The predicted octanol–water partition coefficient (Wildman–Crippen LogP) is 3.33. The summed E-state index contributed by atoms with van der Waals surface area (Å²) in [7, 11) is 1.83. The minimum absolute atomic E-state index is 0.123. The molecule has 1 aliphatic heterocycles. The molecule has 5 rings (SSSR count). The summed E-state index contributed by atoms with van der Waals surface area (Å²) in [6.45, 7) is 2.15. The normalized spacial score (nSPS) is 14.8. The average molecular weight is 400 g/mol. The van der Waals surface area contributed by atoms with Gasteiger partial charge in [0.15, 0.2) is 0 Å². The van der Waals surface area contributed by atoms with Gasteiger partial charge in [-0.05, 0) is 67.1 Å². The fraction of sp³-hybridized carbons (Fsp3) is 0.261. The smallest absolute Gasteiger partial charge is 0.266 e. The molecular formula is C23H24N6O. The number of nitrogens with zero attached hydrogens (tertiary/aromatic N) is 4. The van der Waals surface area contributed by atoms with E-state index in [1.54, 1.807) is 27.8 Å². The molecule has 1 aromatic carbocycles. The van der Waals surface area contributed by atoms with Crippen molar-refractivity contribution in [1.82, 2.24) is 24.6 Å². The van der Waals surface area contributed by atoms with Gasteiger partial charge in [0.25, 0.3) is 5.56 Å². The summed E-state index contributed by atoms with van der Waals surface area (Å²) in [6, 6.07) is 12.3. The van der Waals surface area contributed by atoms with Crippen LogP contribution in [0.4, 0.5) is 11.5 Å². The second kappa shape index (κ2) is 7.76. The van der Waals surface area contributed by atoms with Crippen LogP contribution in [0.3, 0.4) is 0 Å².